The molecule has 142 valence electrons. The zero-order chi connectivity index (χ0) is 18.6. The molecule has 3 aromatic rings. The Hall–Kier alpha value is -1.98. The molecule has 0 unspecified atom stereocenters. The van der Waals surface area contributed by atoms with E-state index in [1.165, 1.54) is 48.8 Å². The number of aromatic nitrogens is 3. The van der Waals surface area contributed by atoms with Crippen molar-refractivity contribution in [3.8, 4) is 11.3 Å². The third-order valence-electron chi connectivity index (χ3n) is 5.49. The van der Waals surface area contributed by atoms with Gasteiger partial charge in [0.1, 0.15) is 5.01 Å². The Balaban J connectivity index is 1.50. The Kier molecular flexibility index (Phi) is 5.69. The maximum absolute atomic E-state index is 4.75. The van der Waals surface area contributed by atoms with Crippen molar-refractivity contribution >= 4 is 11.3 Å². The molecule has 27 heavy (non-hydrogen) atoms. The van der Waals surface area contributed by atoms with E-state index in [4.69, 9.17) is 5.10 Å². The summed E-state index contributed by atoms with van der Waals surface area (Å²) in [5.41, 5.74) is 5.07. The number of nitrogens with zero attached hydrogens (tertiary/aromatic N) is 4. The molecule has 5 heteroatoms. The minimum absolute atomic E-state index is 0.750. The van der Waals surface area contributed by atoms with Crippen LogP contribution in [0.15, 0.2) is 42.0 Å². The molecule has 1 aromatic carbocycles. The first-order valence-electron chi connectivity index (χ1n) is 9.89. The van der Waals surface area contributed by atoms with Crippen LogP contribution in [0.2, 0.25) is 0 Å². The molecule has 0 amide bonds. The summed E-state index contributed by atoms with van der Waals surface area (Å²) in [5, 5.41) is 7.94. The van der Waals surface area contributed by atoms with Crippen molar-refractivity contribution in [3.63, 3.8) is 0 Å². The number of benzene rings is 1. The second-order valence-corrected chi connectivity index (χ2v) is 8.71. The van der Waals surface area contributed by atoms with E-state index in [2.05, 4.69) is 47.4 Å². The van der Waals surface area contributed by atoms with Crippen LogP contribution in [0.1, 0.15) is 54.2 Å². The van der Waals surface area contributed by atoms with Crippen molar-refractivity contribution in [2.75, 3.05) is 7.05 Å². The summed E-state index contributed by atoms with van der Waals surface area (Å²) in [6.45, 7) is 1.74. The van der Waals surface area contributed by atoms with Crippen LogP contribution in [0.4, 0.5) is 0 Å². The van der Waals surface area contributed by atoms with Gasteiger partial charge >= 0.3 is 0 Å². The Morgan fingerprint density at radius 2 is 1.89 bits per heavy atom. The number of hydrogen-bond acceptors (Lipinski definition) is 4. The highest BCUT2D eigenvalue weighted by Crippen LogP contribution is 2.34. The molecule has 1 saturated carbocycles. The maximum Gasteiger partial charge on any atom is 0.107 e. The zero-order valence-corrected chi connectivity index (χ0v) is 17.1. The first-order valence-corrected chi connectivity index (χ1v) is 10.8. The lowest BCUT2D eigenvalue weighted by atomic mass is 9.84. The zero-order valence-electron chi connectivity index (χ0n) is 16.3. The van der Waals surface area contributed by atoms with Gasteiger partial charge in [-0.2, -0.15) is 5.10 Å². The second kappa shape index (κ2) is 8.36. The molecule has 4 nitrogen and oxygen atoms in total. The summed E-state index contributed by atoms with van der Waals surface area (Å²) in [6.07, 6.45) is 10.9. The van der Waals surface area contributed by atoms with Crippen molar-refractivity contribution in [2.24, 2.45) is 7.05 Å². The quantitative estimate of drug-likeness (QED) is 0.588. The average molecular weight is 381 g/mol. The minimum Gasteiger partial charge on any atom is -0.295 e. The molecule has 1 aliphatic carbocycles. The predicted molar refractivity (Wildman–Crippen MR) is 112 cm³/mol. The fourth-order valence-electron chi connectivity index (χ4n) is 4.15. The molecular weight excluding hydrogens is 352 g/mol. The van der Waals surface area contributed by atoms with Crippen LogP contribution in [0.3, 0.4) is 0 Å². The van der Waals surface area contributed by atoms with E-state index in [1.807, 2.05) is 23.3 Å². The Bertz CT molecular complexity index is 845. The fourth-order valence-corrected chi connectivity index (χ4v) is 4.85. The Morgan fingerprint density at radius 3 is 2.59 bits per heavy atom. The predicted octanol–water partition coefficient (Wildman–Crippen LogP) is 5.22. The number of hydrogen-bond donors (Lipinski definition) is 0. The molecular formula is C22H28N4S. The van der Waals surface area contributed by atoms with Crippen molar-refractivity contribution in [1.82, 2.24) is 19.7 Å². The van der Waals surface area contributed by atoms with Gasteiger partial charge in [-0.05, 0) is 31.4 Å². The first-order chi connectivity index (χ1) is 13.2. The third-order valence-corrected chi connectivity index (χ3v) is 6.26. The van der Waals surface area contributed by atoms with E-state index in [0.29, 0.717) is 0 Å². The van der Waals surface area contributed by atoms with Crippen LogP contribution in [0, 0.1) is 0 Å². The first kappa shape index (κ1) is 18.4. The highest BCUT2D eigenvalue weighted by atomic mass is 32.1. The topological polar surface area (TPSA) is 34.0 Å². The second-order valence-electron chi connectivity index (χ2n) is 7.73. The molecule has 0 N–H and O–H groups in total. The van der Waals surface area contributed by atoms with E-state index < -0.39 is 0 Å². The summed E-state index contributed by atoms with van der Waals surface area (Å²) in [4.78, 5) is 6.70. The van der Waals surface area contributed by atoms with Crippen LogP contribution in [0.5, 0.6) is 0 Å². The van der Waals surface area contributed by atoms with Gasteiger partial charge in [-0.15, -0.1) is 11.3 Å². The Morgan fingerprint density at radius 1 is 1.11 bits per heavy atom. The highest BCUT2D eigenvalue weighted by molar-refractivity contribution is 7.09. The molecule has 0 radical (unpaired) electrons. The summed E-state index contributed by atoms with van der Waals surface area (Å²) in [6, 6.07) is 9.17. The van der Waals surface area contributed by atoms with Crippen LogP contribution in [0.25, 0.3) is 11.3 Å². The summed E-state index contributed by atoms with van der Waals surface area (Å²) in [5.74, 6) is 0.750. The minimum atomic E-state index is 0.750. The molecule has 0 aliphatic heterocycles. The van der Waals surface area contributed by atoms with Gasteiger partial charge in [0.05, 0.1) is 12.2 Å². The molecule has 1 aliphatic rings. The van der Waals surface area contributed by atoms with Crippen LogP contribution < -0.4 is 0 Å². The van der Waals surface area contributed by atoms with E-state index >= 15 is 0 Å². The summed E-state index contributed by atoms with van der Waals surface area (Å²) < 4.78 is 1.93. The van der Waals surface area contributed by atoms with Gasteiger partial charge < -0.3 is 0 Å². The lowest BCUT2D eigenvalue weighted by molar-refractivity contribution is 0.319. The third kappa shape index (κ3) is 4.47. The largest absolute Gasteiger partial charge is 0.295 e. The van der Waals surface area contributed by atoms with Crippen molar-refractivity contribution in [3.05, 3.63) is 58.2 Å². The SMILES string of the molecule is CN(Cc1nccs1)Cc1cn(C)nc1-c1ccc(C2CCCCC2)cc1. The van der Waals surface area contributed by atoms with Gasteiger partial charge in [-0.25, -0.2) is 4.98 Å². The molecule has 0 bridgehead atoms. The molecule has 4 rings (SSSR count). The van der Waals surface area contributed by atoms with E-state index in [0.717, 1.165) is 29.7 Å². The van der Waals surface area contributed by atoms with Gasteiger partial charge in [0.25, 0.3) is 0 Å². The standard InChI is InChI=1S/C22H28N4S/c1-25(16-21-23-12-13-27-21)14-20-15-26(2)24-22(20)19-10-8-18(9-11-19)17-6-4-3-5-7-17/h8-13,15,17H,3-7,14,16H2,1-2H3. The lowest BCUT2D eigenvalue weighted by Gasteiger charge is -2.22. The highest BCUT2D eigenvalue weighted by Gasteiger charge is 2.17. The van der Waals surface area contributed by atoms with Gasteiger partial charge in [0.2, 0.25) is 0 Å². The van der Waals surface area contributed by atoms with E-state index in [-0.39, 0.29) is 0 Å². The van der Waals surface area contributed by atoms with Crippen LogP contribution >= 0.6 is 11.3 Å². The maximum atomic E-state index is 4.75. The van der Waals surface area contributed by atoms with Crippen molar-refractivity contribution in [1.29, 1.82) is 0 Å². The molecule has 0 saturated heterocycles. The Labute approximate surface area is 165 Å². The smallest absolute Gasteiger partial charge is 0.107 e. The number of aryl methyl sites for hydroxylation is 1. The molecule has 0 spiro atoms. The number of thiazole rings is 1. The lowest BCUT2D eigenvalue weighted by Crippen LogP contribution is -2.17. The van der Waals surface area contributed by atoms with Crippen LogP contribution in [-0.2, 0) is 20.1 Å². The monoisotopic (exact) mass is 380 g/mol. The van der Waals surface area contributed by atoms with Gasteiger partial charge in [0.15, 0.2) is 0 Å². The van der Waals surface area contributed by atoms with E-state index in [1.54, 1.807) is 11.3 Å². The normalized spacial score (nSPS) is 15.5. The van der Waals surface area contributed by atoms with Gasteiger partial charge in [-0.1, -0.05) is 43.5 Å². The average Bonchev–Trinajstić information content (AvgIpc) is 3.32. The molecule has 2 heterocycles. The fraction of sp³-hybridized carbons (Fsp3) is 0.455. The van der Waals surface area contributed by atoms with E-state index in [9.17, 15) is 0 Å². The van der Waals surface area contributed by atoms with Gasteiger partial charge in [0, 0.05) is 42.5 Å². The number of rotatable bonds is 6. The molecule has 1 fully saturated rings. The van der Waals surface area contributed by atoms with Gasteiger partial charge in [-0.3, -0.25) is 9.58 Å². The summed E-state index contributed by atoms with van der Waals surface area (Å²) >= 11 is 1.71. The van der Waals surface area contributed by atoms with Crippen molar-refractivity contribution in [2.45, 2.75) is 51.1 Å². The van der Waals surface area contributed by atoms with Crippen LogP contribution in [-0.4, -0.2) is 26.7 Å². The van der Waals surface area contributed by atoms with Crippen molar-refractivity contribution < 1.29 is 0 Å². The molecule has 2 aromatic heterocycles. The summed E-state index contributed by atoms with van der Waals surface area (Å²) in [7, 11) is 4.15. The molecule has 0 atom stereocenters.